The Morgan fingerprint density at radius 1 is 1.19 bits per heavy atom. The van der Waals surface area contributed by atoms with Crippen molar-refractivity contribution in [1.29, 1.82) is 0 Å². The fourth-order valence-corrected chi connectivity index (χ4v) is 2.22. The topological polar surface area (TPSA) is 55.9 Å². The van der Waals surface area contributed by atoms with Gasteiger partial charge in [0.1, 0.15) is 24.2 Å². The molecule has 2 heterocycles. The Bertz CT molecular complexity index is 685. The standard InChI is InChI=1S/C16H18N4O/c1-12-3-8-16(21-12)13(2)19-15-6-4-14(5-7-15)9-20-11-17-10-18-20/h3-8,10-11,13,19H,9H2,1-2H3. The van der Waals surface area contributed by atoms with E-state index in [0.29, 0.717) is 0 Å². The van der Waals surface area contributed by atoms with Crippen LogP contribution in [0.4, 0.5) is 5.69 Å². The number of anilines is 1. The molecule has 0 bridgehead atoms. The summed E-state index contributed by atoms with van der Waals surface area (Å²) in [5.74, 6) is 1.88. The summed E-state index contributed by atoms with van der Waals surface area (Å²) in [5.41, 5.74) is 2.26. The number of rotatable bonds is 5. The SMILES string of the molecule is Cc1ccc(C(C)Nc2ccc(Cn3cncn3)cc2)o1. The molecule has 1 atom stereocenters. The summed E-state index contributed by atoms with van der Waals surface area (Å²) < 4.78 is 7.43. The van der Waals surface area contributed by atoms with E-state index in [1.54, 1.807) is 17.3 Å². The molecular weight excluding hydrogens is 264 g/mol. The van der Waals surface area contributed by atoms with Crippen molar-refractivity contribution in [1.82, 2.24) is 14.8 Å². The molecule has 1 aromatic carbocycles. The van der Waals surface area contributed by atoms with Crippen LogP contribution in [-0.4, -0.2) is 14.8 Å². The second kappa shape index (κ2) is 5.83. The average Bonchev–Trinajstić information content (AvgIpc) is 3.12. The number of hydrogen-bond acceptors (Lipinski definition) is 4. The minimum absolute atomic E-state index is 0.139. The number of hydrogen-bond donors (Lipinski definition) is 1. The third-order valence-electron chi connectivity index (χ3n) is 3.34. The summed E-state index contributed by atoms with van der Waals surface area (Å²) in [6, 6.07) is 12.4. The van der Waals surface area contributed by atoms with Crippen molar-refractivity contribution in [2.45, 2.75) is 26.4 Å². The van der Waals surface area contributed by atoms with Crippen LogP contribution >= 0.6 is 0 Å². The first-order chi connectivity index (χ1) is 10.2. The molecule has 3 rings (SSSR count). The maximum Gasteiger partial charge on any atom is 0.137 e. The van der Waals surface area contributed by atoms with E-state index in [1.807, 2.05) is 19.1 Å². The summed E-state index contributed by atoms with van der Waals surface area (Å²) in [7, 11) is 0. The first-order valence-electron chi connectivity index (χ1n) is 6.95. The molecule has 0 radical (unpaired) electrons. The molecule has 0 saturated carbocycles. The summed E-state index contributed by atoms with van der Waals surface area (Å²) >= 11 is 0. The number of aryl methyl sites for hydroxylation is 1. The van der Waals surface area contributed by atoms with Crippen LogP contribution < -0.4 is 5.32 Å². The highest BCUT2D eigenvalue weighted by Crippen LogP contribution is 2.21. The predicted octanol–water partition coefficient (Wildman–Crippen LogP) is 3.40. The molecule has 3 aromatic rings. The van der Waals surface area contributed by atoms with E-state index in [1.165, 1.54) is 5.56 Å². The zero-order valence-electron chi connectivity index (χ0n) is 12.2. The molecule has 0 aliphatic rings. The molecule has 108 valence electrons. The highest BCUT2D eigenvalue weighted by atomic mass is 16.3. The quantitative estimate of drug-likeness (QED) is 0.779. The average molecular weight is 282 g/mol. The van der Waals surface area contributed by atoms with Crippen LogP contribution in [-0.2, 0) is 6.54 Å². The van der Waals surface area contributed by atoms with Crippen molar-refractivity contribution in [3.05, 3.63) is 66.1 Å². The second-order valence-electron chi connectivity index (χ2n) is 5.10. The molecule has 21 heavy (non-hydrogen) atoms. The lowest BCUT2D eigenvalue weighted by Gasteiger charge is -2.13. The number of furan rings is 1. The van der Waals surface area contributed by atoms with Crippen molar-refractivity contribution in [2.24, 2.45) is 0 Å². The van der Waals surface area contributed by atoms with E-state index in [2.05, 4.69) is 46.6 Å². The highest BCUT2D eigenvalue weighted by Gasteiger charge is 2.09. The Kier molecular flexibility index (Phi) is 3.73. The summed E-state index contributed by atoms with van der Waals surface area (Å²) in [6.07, 6.45) is 3.26. The zero-order chi connectivity index (χ0) is 14.7. The van der Waals surface area contributed by atoms with Gasteiger partial charge < -0.3 is 9.73 Å². The summed E-state index contributed by atoms with van der Waals surface area (Å²) in [4.78, 5) is 3.94. The van der Waals surface area contributed by atoms with Crippen LogP contribution in [0, 0.1) is 6.92 Å². The van der Waals surface area contributed by atoms with Crippen molar-refractivity contribution in [3.8, 4) is 0 Å². The number of nitrogens with one attached hydrogen (secondary N) is 1. The lowest BCUT2D eigenvalue weighted by atomic mass is 10.2. The Morgan fingerprint density at radius 2 is 2.00 bits per heavy atom. The second-order valence-corrected chi connectivity index (χ2v) is 5.10. The van der Waals surface area contributed by atoms with Gasteiger partial charge in [0.25, 0.3) is 0 Å². The van der Waals surface area contributed by atoms with Gasteiger partial charge >= 0.3 is 0 Å². The molecule has 5 heteroatoms. The Balaban J connectivity index is 1.64. The van der Waals surface area contributed by atoms with E-state index in [-0.39, 0.29) is 6.04 Å². The van der Waals surface area contributed by atoms with Gasteiger partial charge in [0.15, 0.2) is 0 Å². The number of nitrogens with zero attached hydrogens (tertiary/aromatic N) is 3. The van der Waals surface area contributed by atoms with Gasteiger partial charge in [-0.2, -0.15) is 5.10 Å². The van der Waals surface area contributed by atoms with Gasteiger partial charge in [-0.05, 0) is 43.7 Å². The highest BCUT2D eigenvalue weighted by molar-refractivity contribution is 5.46. The first kappa shape index (κ1) is 13.4. The van der Waals surface area contributed by atoms with Gasteiger partial charge in [0, 0.05) is 5.69 Å². The molecule has 0 amide bonds. The van der Waals surface area contributed by atoms with Crippen LogP contribution in [0.3, 0.4) is 0 Å². The van der Waals surface area contributed by atoms with Gasteiger partial charge in [-0.3, -0.25) is 0 Å². The Hall–Kier alpha value is -2.56. The van der Waals surface area contributed by atoms with Crippen LogP contribution in [0.1, 0.15) is 30.0 Å². The van der Waals surface area contributed by atoms with Gasteiger partial charge in [0.2, 0.25) is 0 Å². The number of benzene rings is 1. The fourth-order valence-electron chi connectivity index (χ4n) is 2.22. The van der Waals surface area contributed by atoms with E-state index < -0.39 is 0 Å². The van der Waals surface area contributed by atoms with Gasteiger partial charge in [0.05, 0.1) is 12.6 Å². The van der Waals surface area contributed by atoms with Gasteiger partial charge in [-0.25, -0.2) is 9.67 Å². The van der Waals surface area contributed by atoms with E-state index in [0.717, 1.165) is 23.8 Å². The largest absolute Gasteiger partial charge is 0.464 e. The molecule has 1 N–H and O–H groups in total. The van der Waals surface area contributed by atoms with E-state index in [4.69, 9.17) is 4.42 Å². The van der Waals surface area contributed by atoms with Crippen molar-refractivity contribution in [3.63, 3.8) is 0 Å². The molecule has 0 saturated heterocycles. The van der Waals surface area contributed by atoms with Gasteiger partial charge in [-0.15, -0.1) is 0 Å². The zero-order valence-corrected chi connectivity index (χ0v) is 12.2. The number of aromatic nitrogens is 3. The minimum Gasteiger partial charge on any atom is -0.464 e. The maximum absolute atomic E-state index is 5.63. The van der Waals surface area contributed by atoms with Crippen molar-refractivity contribution >= 4 is 5.69 Å². The first-order valence-corrected chi connectivity index (χ1v) is 6.95. The summed E-state index contributed by atoms with van der Waals surface area (Å²) in [5, 5.41) is 7.53. The molecule has 1 unspecified atom stereocenters. The predicted molar refractivity (Wildman–Crippen MR) is 81.0 cm³/mol. The molecule has 0 spiro atoms. The Morgan fingerprint density at radius 3 is 2.62 bits per heavy atom. The Labute approximate surface area is 123 Å². The minimum atomic E-state index is 0.139. The van der Waals surface area contributed by atoms with Gasteiger partial charge in [-0.1, -0.05) is 12.1 Å². The molecule has 5 nitrogen and oxygen atoms in total. The van der Waals surface area contributed by atoms with Crippen LogP contribution in [0.25, 0.3) is 0 Å². The van der Waals surface area contributed by atoms with Crippen LogP contribution in [0.5, 0.6) is 0 Å². The van der Waals surface area contributed by atoms with Crippen LogP contribution in [0.2, 0.25) is 0 Å². The molecule has 0 fully saturated rings. The maximum atomic E-state index is 5.63. The molecule has 2 aromatic heterocycles. The normalized spacial score (nSPS) is 12.3. The molecule has 0 aliphatic heterocycles. The third kappa shape index (κ3) is 3.31. The van der Waals surface area contributed by atoms with E-state index >= 15 is 0 Å². The van der Waals surface area contributed by atoms with Crippen molar-refractivity contribution < 1.29 is 4.42 Å². The third-order valence-corrected chi connectivity index (χ3v) is 3.34. The smallest absolute Gasteiger partial charge is 0.137 e. The lowest BCUT2D eigenvalue weighted by molar-refractivity contribution is 0.467. The lowest BCUT2D eigenvalue weighted by Crippen LogP contribution is -2.06. The van der Waals surface area contributed by atoms with Crippen molar-refractivity contribution in [2.75, 3.05) is 5.32 Å². The molecular formula is C16H18N4O. The van der Waals surface area contributed by atoms with Crippen LogP contribution in [0.15, 0.2) is 53.5 Å². The monoisotopic (exact) mass is 282 g/mol. The fraction of sp³-hybridized carbons (Fsp3) is 0.250. The van der Waals surface area contributed by atoms with E-state index in [9.17, 15) is 0 Å². The molecule has 0 aliphatic carbocycles. The summed E-state index contributed by atoms with van der Waals surface area (Å²) in [6.45, 7) is 4.77.